The van der Waals surface area contributed by atoms with Gasteiger partial charge in [0, 0.05) is 11.8 Å². The molecule has 5 nitrogen and oxygen atoms in total. The van der Waals surface area contributed by atoms with Gasteiger partial charge in [-0.15, -0.1) is 0 Å². The van der Waals surface area contributed by atoms with E-state index in [1.54, 1.807) is 18.2 Å². The number of nitrogens with one attached hydrogen (secondary N) is 1. The Bertz CT molecular complexity index is 840. The molecule has 0 saturated heterocycles. The third-order valence-electron chi connectivity index (χ3n) is 3.12. The highest BCUT2D eigenvalue weighted by molar-refractivity contribution is 6.04. The number of hydrogen-bond donors (Lipinski definition) is 2. The lowest BCUT2D eigenvalue weighted by atomic mass is 10.2. The molecule has 0 bridgehead atoms. The first-order valence-corrected chi connectivity index (χ1v) is 6.16. The Kier molecular flexibility index (Phi) is 3.09. The quantitative estimate of drug-likeness (QED) is 0.571. The number of hydrogen-bond acceptors (Lipinski definition) is 3. The van der Waals surface area contributed by atoms with Crippen LogP contribution in [0.25, 0.3) is 11.0 Å². The molecule has 0 amide bonds. The van der Waals surface area contributed by atoms with Gasteiger partial charge in [-0.3, -0.25) is 5.41 Å². The zero-order chi connectivity index (χ0) is 15.0. The third-order valence-corrected chi connectivity index (χ3v) is 3.12. The van der Waals surface area contributed by atoms with Crippen molar-refractivity contribution in [3.05, 3.63) is 59.4 Å². The Hall–Kier alpha value is -2.83. The molecule has 7 heteroatoms. The Morgan fingerprint density at radius 3 is 2.67 bits per heavy atom. The van der Waals surface area contributed by atoms with Crippen molar-refractivity contribution in [2.45, 2.75) is 6.54 Å². The number of nitrogens with zero attached hydrogens (tertiary/aromatic N) is 3. The average Bonchev–Trinajstić information content (AvgIpc) is 2.82. The molecule has 3 rings (SSSR count). The molecule has 2 heterocycles. The minimum absolute atomic E-state index is 0.00643. The fourth-order valence-corrected chi connectivity index (χ4v) is 2.15. The second-order valence-electron chi connectivity index (χ2n) is 4.50. The van der Waals surface area contributed by atoms with Gasteiger partial charge in [0.2, 0.25) is 0 Å². The lowest BCUT2D eigenvalue weighted by molar-refractivity contribution is 0.588. The fraction of sp³-hybridized carbons (Fsp3) is 0.0714. The van der Waals surface area contributed by atoms with Crippen molar-refractivity contribution in [3.8, 4) is 0 Å². The summed E-state index contributed by atoms with van der Waals surface area (Å²) in [6, 6.07) is 7.39. The molecule has 0 radical (unpaired) electrons. The van der Waals surface area contributed by atoms with Crippen molar-refractivity contribution < 1.29 is 8.78 Å². The van der Waals surface area contributed by atoms with Crippen LogP contribution in [0.4, 0.5) is 8.78 Å². The van der Waals surface area contributed by atoms with E-state index in [1.807, 2.05) is 0 Å². The Labute approximate surface area is 118 Å². The van der Waals surface area contributed by atoms with Gasteiger partial charge >= 0.3 is 0 Å². The number of aromatic nitrogens is 3. The van der Waals surface area contributed by atoms with E-state index in [1.165, 1.54) is 23.0 Å². The van der Waals surface area contributed by atoms with Crippen molar-refractivity contribution >= 4 is 16.9 Å². The number of halogens is 2. The highest BCUT2D eigenvalue weighted by Crippen LogP contribution is 2.21. The van der Waals surface area contributed by atoms with Gasteiger partial charge in [0.1, 0.15) is 23.2 Å². The van der Waals surface area contributed by atoms with Crippen LogP contribution in [0.1, 0.15) is 11.3 Å². The van der Waals surface area contributed by atoms with Crippen LogP contribution < -0.4 is 5.73 Å². The highest BCUT2D eigenvalue weighted by Gasteiger charge is 2.18. The molecular weight excluding hydrogens is 276 g/mol. The van der Waals surface area contributed by atoms with Crippen LogP contribution >= 0.6 is 0 Å². The SMILES string of the molecule is N=C(N)c1nn(Cc2ccccc2F)c2nccc(F)c12. The molecule has 0 atom stereocenters. The normalized spacial score (nSPS) is 11.0. The predicted octanol–water partition coefficient (Wildman–Crippen LogP) is 2.04. The molecule has 0 aliphatic rings. The van der Waals surface area contributed by atoms with E-state index in [4.69, 9.17) is 11.1 Å². The Balaban J connectivity index is 2.18. The average molecular weight is 287 g/mol. The molecule has 2 aromatic heterocycles. The van der Waals surface area contributed by atoms with Gasteiger partial charge in [0.15, 0.2) is 5.65 Å². The van der Waals surface area contributed by atoms with Crippen LogP contribution in [-0.4, -0.2) is 20.6 Å². The van der Waals surface area contributed by atoms with Crippen LogP contribution in [0.15, 0.2) is 36.5 Å². The van der Waals surface area contributed by atoms with Crippen LogP contribution in [-0.2, 0) is 6.54 Å². The smallest absolute Gasteiger partial charge is 0.161 e. The summed E-state index contributed by atoms with van der Waals surface area (Å²) in [5, 5.41) is 11.6. The maximum Gasteiger partial charge on any atom is 0.161 e. The lowest BCUT2D eigenvalue weighted by Gasteiger charge is -2.04. The van der Waals surface area contributed by atoms with Gasteiger partial charge in [-0.2, -0.15) is 5.10 Å². The van der Waals surface area contributed by atoms with Crippen LogP contribution in [0.2, 0.25) is 0 Å². The number of benzene rings is 1. The summed E-state index contributed by atoms with van der Waals surface area (Å²) in [5.41, 5.74) is 6.05. The molecule has 106 valence electrons. The summed E-state index contributed by atoms with van der Waals surface area (Å²) in [6.45, 7) is 0.0763. The lowest BCUT2D eigenvalue weighted by Crippen LogP contribution is -2.13. The molecule has 0 unspecified atom stereocenters. The van der Waals surface area contributed by atoms with E-state index >= 15 is 0 Å². The minimum Gasteiger partial charge on any atom is -0.382 e. The summed E-state index contributed by atoms with van der Waals surface area (Å²) in [5.74, 6) is -1.31. The van der Waals surface area contributed by atoms with Gasteiger partial charge in [-0.05, 0) is 12.1 Å². The molecule has 0 fully saturated rings. The summed E-state index contributed by atoms with van der Waals surface area (Å²) in [7, 11) is 0. The van der Waals surface area contributed by atoms with Crippen molar-refractivity contribution in [2.75, 3.05) is 0 Å². The second-order valence-corrected chi connectivity index (χ2v) is 4.50. The highest BCUT2D eigenvalue weighted by atomic mass is 19.1. The van der Waals surface area contributed by atoms with E-state index in [-0.39, 0.29) is 34.9 Å². The van der Waals surface area contributed by atoms with Crippen molar-refractivity contribution in [2.24, 2.45) is 5.73 Å². The monoisotopic (exact) mass is 287 g/mol. The minimum atomic E-state index is -0.565. The first-order valence-electron chi connectivity index (χ1n) is 6.16. The van der Waals surface area contributed by atoms with Gasteiger partial charge in [0.05, 0.1) is 11.9 Å². The second kappa shape index (κ2) is 4.93. The van der Waals surface area contributed by atoms with Crippen LogP contribution in [0, 0.1) is 17.0 Å². The van der Waals surface area contributed by atoms with Gasteiger partial charge in [0.25, 0.3) is 0 Å². The number of fused-ring (bicyclic) bond motifs is 1. The van der Waals surface area contributed by atoms with Crippen molar-refractivity contribution in [3.63, 3.8) is 0 Å². The van der Waals surface area contributed by atoms with Gasteiger partial charge < -0.3 is 5.73 Å². The standard InChI is InChI=1S/C14H11F2N5/c15-9-4-2-1-3-8(9)7-21-14-11(10(16)5-6-19-14)12(20-21)13(17)18/h1-6H,7H2,(H3,17,18). The maximum atomic E-state index is 13.9. The van der Waals surface area contributed by atoms with E-state index in [0.29, 0.717) is 5.56 Å². The molecule has 1 aromatic carbocycles. The van der Waals surface area contributed by atoms with E-state index in [2.05, 4.69) is 10.1 Å². The molecule has 0 aliphatic carbocycles. The molecule has 0 saturated carbocycles. The number of nitrogen functional groups attached to an aromatic ring is 1. The van der Waals surface area contributed by atoms with E-state index in [9.17, 15) is 8.78 Å². The van der Waals surface area contributed by atoms with Crippen LogP contribution in [0.5, 0.6) is 0 Å². The molecule has 0 spiro atoms. The zero-order valence-corrected chi connectivity index (χ0v) is 10.8. The molecule has 21 heavy (non-hydrogen) atoms. The number of pyridine rings is 1. The van der Waals surface area contributed by atoms with Crippen molar-refractivity contribution in [1.29, 1.82) is 5.41 Å². The van der Waals surface area contributed by atoms with Crippen molar-refractivity contribution in [1.82, 2.24) is 14.8 Å². The summed E-state index contributed by atoms with van der Waals surface area (Å²) in [4.78, 5) is 4.06. The molecular formula is C14H11F2N5. The van der Waals surface area contributed by atoms with E-state index in [0.717, 1.165) is 0 Å². The number of nitrogens with two attached hydrogens (primary N) is 1. The molecule has 3 N–H and O–H groups in total. The zero-order valence-electron chi connectivity index (χ0n) is 10.8. The molecule has 0 aliphatic heterocycles. The largest absolute Gasteiger partial charge is 0.382 e. The van der Waals surface area contributed by atoms with E-state index < -0.39 is 5.82 Å². The predicted molar refractivity (Wildman–Crippen MR) is 74.0 cm³/mol. The maximum absolute atomic E-state index is 13.9. The van der Waals surface area contributed by atoms with Crippen LogP contribution in [0.3, 0.4) is 0 Å². The topological polar surface area (TPSA) is 80.6 Å². The Morgan fingerprint density at radius 2 is 1.95 bits per heavy atom. The fourth-order valence-electron chi connectivity index (χ4n) is 2.15. The summed E-state index contributed by atoms with van der Waals surface area (Å²) >= 11 is 0. The van der Waals surface area contributed by atoms with Gasteiger partial charge in [-0.25, -0.2) is 18.4 Å². The molecule has 3 aromatic rings. The first-order chi connectivity index (χ1) is 10.1. The number of rotatable bonds is 3. The first kappa shape index (κ1) is 13.2. The summed E-state index contributed by atoms with van der Waals surface area (Å²) in [6.07, 6.45) is 1.29. The van der Waals surface area contributed by atoms with Gasteiger partial charge in [-0.1, -0.05) is 18.2 Å². The summed E-state index contributed by atoms with van der Waals surface area (Å²) < 4.78 is 29.0. The number of amidine groups is 1. The Morgan fingerprint density at radius 1 is 1.19 bits per heavy atom. The third kappa shape index (κ3) is 2.22.